The van der Waals surface area contributed by atoms with Crippen LogP contribution in [0, 0.1) is 14.9 Å². The summed E-state index contributed by atoms with van der Waals surface area (Å²) in [4.78, 5) is 38.9. The molecule has 1 heterocycles. The minimum absolute atomic E-state index is 0.0282. The predicted molar refractivity (Wildman–Crippen MR) is 108 cm³/mol. The van der Waals surface area contributed by atoms with Crippen molar-refractivity contribution < 1.29 is 14.4 Å². The Hall–Kier alpha value is -1.64. The Labute approximate surface area is 167 Å². The van der Waals surface area contributed by atoms with E-state index in [1.807, 2.05) is 18.2 Å². The van der Waals surface area contributed by atoms with Gasteiger partial charge in [0.05, 0.1) is 0 Å². The first-order valence-corrected chi connectivity index (χ1v) is 9.88. The van der Waals surface area contributed by atoms with Crippen molar-refractivity contribution in [3.8, 4) is 0 Å². The summed E-state index contributed by atoms with van der Waals surface area (Å²) in [7, 11) is 0. The van der Waals surface area contributed by atoms with E-state index in [-0.39, 0.29) is 23.8 Å². The Morgan fingerprint density at radius 2 is 2.08 bits per heavy atom. The molecule has 7 heteroatoms. The fourth-order valence-electron chi connectivity index (χ4n) is 4.56. The number of benzene rings is 1. The van der Waals surface area contributed by atoms with Gasteiger partial charge in [-0.05, 0) is 71.4 Å². The van der Waals surface area contributed by atoms with Crippen LogP contribution in [0.1, 0.15) is 40.0 Å². The maximum absolute atomic E-state index is 13.0. The molecule has 2 N–H and O–H groups in total. The third kappa shape index (κ3) is 3.87. The summed E-state index contributed by atoms with van der Waals surface area (Å²) in [5, 5.41) is 5.64. The van der Waals surface area contributed by atoms with Gasteiger partial charge in [0, 0.05) is 9.26 Å². The first kappa shape index (κ1) is 19.1. The van der Waals surface area contributed by atoms with Crippen molar-refractivity contribution in [1.82, 2.24) is 10.2 Å². The van der Waals surface area contributed by atoms with Crippen LogP contribution in [0.4, 0.5) is 10.5 Å². The van der Waals surface area contributed by atoms with Crippen LogP contribution >= 0.6 is 22.6 Å². The first-order chi connectivity index (χ1) is 12.1. The van der Waals surface area contributed by atoms with E-state index in [9.17, 15) is 14.4 Å². The van der Waals surface area contributed by atoms with Crippen molar-refractivity contribution in [2.24, 2.45) is 11.3 Å². The van der Waals surface area contributed by atoms with E-state index in [0.29, 0.717) is 24.4 Å². The van der Waals surface area contributed by atoms with Gasteiger partial charge in [-0.1, -0.05) is 26.8 Å². The zero-order valence-corrected chi connectivity index (χ0v) is 17.4. The zero-order valence-electron chi connectivity index (χ0n) is 15.3. The van der Waals surface area contributed by atoms with Crippen LogP contribution in [-0.4, -0.2) is 34.8 Å². The van der Waals surface area contributed by atoms with Crippen molar-refractivity contribution in [2.45, 2.75) is 45.6 Å². The number of hydrogen-bond acceptors (Lipinski definition) is 3. The molecule has 1 aromatic rings. The normalized spacial score (nSPS) is 27.5. The van der Waals surface area contributed by atoms with Gasteiger partial charge in [0.25, 0.3) is 5.91 Å². The highest BCUT2D eigenvalue weighted by Crippen LogP contribution is 2.46. The number of carbonyl (C=O) groups is 3. The molecule has 1 spiro atoms. The average molecular weight is 469 g/mol. The largest absolute Gasteiger partial charge is 0.325 e. The van der Waals surface area contributed by atoms with Gasteiger partial charge in [-0.2, -0.15) is 0 Å². The molecule has 2 fully saturated rings. The van der Waals surface area contributed by atoms with E-state index in [2.05, 4.69) is 54.0 Å². The molecule has 0 bridgehead atoms. The Morgan fingerprint density at radius 1 is 1.35 bits per heavy atom. The lowest BCUT2D eigenvalue weighted by Crippen LogP contribution is -2.54. The number of anilines is 1. The van der Waals surface area contributed by atoms with Crippen molar-refractivity contribution >= 4 is 46.1 Å². The summed E-state index contributed by atoms with van der Waals surface area (Å²) in [6.45, 7) is 6.08. The van der Waals surface area contributed by atoms with Gasteiger partial charge in [0.2, 0.25) is 5.91 Å². The molecular formula is C19H24IN3O3. The van der Waals surface area contributed by atoms with Crippen molar-refractivity contribution in [3.05, 3.63) is 27.8 Å². The van der Waals surface area contributed by atoms with Gasteiger partial charge in [-0.15, -0.1) is 0 Å². The molecule has 2 aliphatic rings. The van der Waals surface area contributed by atoms with Gasteiger partial charge in [-0.25, -0.2) is 4.79 Å². The van der Waals surface area contributed by atoms with Crippen LogP contribution in [0.3, 0.4) is 0 Å². The number of halogens is 1. The minimum atomic E-state index is -0.874. The van der Waals surface area contributed by atoms with Crippen LogP contribution in [0.2, 0.25) is 0 Å². The number of rotatable bonds is 3. The molecule has 26 heavy (non-hydrogen) atoms. The zero-order chi connectivity index (χ0) is 19.1. The standard InChI is InChI=1S/C19H24IN3O3/c1-12-8-18(2,3)11-19(9-12)16(25)23(17(26)22-19)10-15(24)21-14-6-4-5-13(20)7-14/h4-7,12H,8-11H2,1-3H3,(H,21,24)(H,22,26)/t12-,19-/m0/s1. The molecule has 0 unspecified atom stereocenters. The molecule has 1 saturated carbocycles. The summed E-state index contributed by atoms with van der Waals surface area (Å²) < 4.78 is 0.993. The van der Waals surface area contributed by atoms with Crippen LogP contribution in [0.5, 0.6) is 0 Å². The molecule has 1 aliphatic carbocycles. The highest BCUT2D eigenvalue weighted by Gasteiger charge is 2.56. The maximum atomic E-state index is 13.0. The van der Waals surface area contributed by atoms with Gasteiger partial charge in [0.1, 0.15) is 12.1 Å². The quantitative estimate of drug-likeness (QED) is 0.527. The third-order valence-electron chi connectivity index (χ3n) is 5.03. The summed E-state index contributed by atoms with van der Waals surface area (Å²) in [6, 6.07) is 6.89. The fourth-order valence-corrected chi connectivity index (χ4v) is 5.10. The lowest BCUT2D eigenvalue weighted by molar-refractivity contribution is -0.136. The summed E-state index contributed by atoms with van der Waals surface area (Å²) in [5.41, 5.74) is -0.253. The van der Waals surface area contributed by atoms with E-state index in [4.69, 9.17) is 0 Å². The second kappa shape index (κ2) is 6.83. The number of carbonyl (C=O) groups excluding carboxylic acids is 3. The second-order valence-corrected chi connectivity index (χ2v) is 9.56. The number of nitrogens with zero attached hydrogens (tertiary/aromatic N) is 1. The Balaban J connectivity index is 1.72. The molecule has 4 amide bonds. The Bertz CT molecular complexity index is 764. The lowest BCUT2D eigenvalue weighted by atomic mass is 9.64. The highest BCUT2D eigenvalue weighted by molar-refractivity contribution is 14.1. The van der Waals surface area contributed by atoms with Gasteiger partial charge in [-0.3, -0.25) is 14.5 Å². The van der Waals surface area contributed by atoms with Crippen molar-refractivity contribution in [3.63, 3.8) is 0 Å². The lowest BCUT2D eigenvalue weighted by Gasteiger charge is -2.43. The maximum Gasteiger partial charge on any atom is 0.325 e. The number of amides is 4. The molecule has 140 valence electrons. The molecule has 1 aliphatic heterocycles. The Kier molecular flexibility index (Phi) is 5.02. The monoisotopic (exact) mass is 469 g/mol. The molecular weight excluding hydrogens is 445 g/mol. The summed E-state index contributed by atoms with van der Waals surface area (Å²) >= 11 is 2.16. The molecule has 3 rings (SSSR count). The van der Waals surface area contributed by atoms with Crippen LogP contribution in [0.15, 0.2) is 24.3 Å². The second-order valence-electron chi connectivity index (χ2n) is 8.32. The van der Waals surface area contributed by atoms with Gasteiger partial charge >= 0.3 is 6.03 Å². The molecule has 0 aromatic heterocycles. The van der Waals surface area contributed by atoms with Crippen molar-refractivity contribution in [1.29, 1.82) is 0 Å². The minimum Gasteiger partial charge on any atom is -0.324 e. The van der Waals surface area contributed by atoms with E-state index in [1.165, 1.54) is 0 Å². The fraction of sp³-hybridized carbons (Fsp3) is 0.526. The van der Waals surface area contributed by atoms with Crippen molar-refractivity contribution in [2.75, 3.05) is 11.9 Å². The predicted octanol–water partition coefficient (Wildman–Crippen LogP) is 3.37. The van der Waals surface area contributed by atoms with Gasteiger partial charge in [0.15, 0.2) is 0 Å². The molecule has 1 saturated heterocycles. The van der Waals surface area contributed by atoms with E-state index in [0.717, 1.165) is 14.9 Å². The number of imide groups is 1. The summed E-state index contributed by atoms with van der Waals surface area (Å²) in [5.74, 6) is -0.321. The topological polar surface area (TPSA) is 78.5 Å². The molecule has 0 radical (unpaired) electrons. The summed E-state index contributed by atoms with van der Waals surface area (Å²) in [6.07, 6.45) is 2.24. The molecule has 1 aromatic carbocycles. The molecule has 6 nitrogen and oxygen atoms in total. The smallest absolute Gasteiger partial charge is 0.324 e. The SMILES string of the molecule is C[C@H]1CC(C)(C)C[C@]2(C1)NC(=O)N(CC(=O)Nc1cccc(I)c1)C2=O. The molecule has 2 atom stereocenters. The average Bonchev–Trinajstić information content (AvgIpc) is 2.68. The number of urea groups is 1. The van der Waals surface area contributed by atoms with E-state index < -0.39 is 11.6 Å². The van der Waals surface area contributed by atoms with E-state index in [1.54, 1.807) is 6.07 Å². The van der Waals surface area contributed by atoms with Crippen LogP contribution in [0.25, 0.3) is 0 Å². The Morgan fingerprint density at radius 3 is 2.73 bits per heavy atom. The number of nitrogens with one attached hydrogen (secondary N) is 2. The van der Waals surface area contributed by atoms with E-state index >= 15 is 0 Å². The third-order valence-corrected chi connectivity index (χ3v) is 5.71. The van der Waals surface area contributed by atoms with Crippen LogP contribution < -0.4 is 10.6 Å². The number of hydrogen-bond donors (Lipinski definition) is 2. The highest BCUT2D eigenvalue weighted by atomic mass is 127. The first-order valence-electron chi connectivity index (χ1n) is 8.80. The van der Waals surface area contributed by atoms with Gasteiger partial charge < -0.3 is 10.6 Å². The van der Waals surface area contributed by atoms with Crippen LogP contribution in [-0.2, 0) is 9.59 Å².